The summed E-state index contributed by atoms with van der Waals surface area (Å²) in [5, 5.41) is 15.8. The summed E-state index contributed by atoms with van der Waals surface area (Å²) < 4.78 is 0. The summed E-state index contributed by atoms with van der Waals surface area (Å²) in [6.45, 7) is 0. The molecular weight excluding hydrogens is 150 g/mol. The molecule has 0 spiro atoms. The molecule has 0 atom stereocenters. The van der Waals surface area contributed by atoms with Crippen LogP contribution in [0.25, 0.3) is 0 Å². The molecule has 60 valence electrons. The summed E-state index contributed by atoms with van der Waals surface area (Å²) in [5.41, 5.74) is 7.08. The Morgan fingerprint density at radius 3 is 2.75 bits per heavy atom. The van der Waals surface area contributed by atoms with E-state index in [0.29, 0.717) is 11.3 Å². The van der Waals surface area contributed by atoms with E-state index in [9.17, 15) is 0 Å². The number of anilines is 1. The summed E-state index contributed by atoms with van der Waals surface area (Å²) in [6.07, 6.45) is 0.105. The second-order valence-corrected chi connectivity index (χ2v) is 2.40. The van der Waals surface area contributed by atoms with Gasteiger partial charge in [0.05, 0.1) is 18.2 Å². The molecule has 1 aromatic carbocycles. The lowest BCUT2D eigenvalue weighted by molar-refractivity contribution is 1.34. The average molecular weight is 159 g/mol. The van der Waals surface area contributed by atoms with Crippen LogP contribution in [0.15, 0.2) is 24.3 Å². The molecule has 0 aliphatic heterocycles. The van der Waals surface area contributed by atoms with E-state index in [4.69, 9.17) is 16.4 Å². The zero-order valence-corrected chi connectivity index (χ0v) is 6.54. The number of nitrogens with zero attached hydrogens (tertiary/aromatic N) is 1. The van der Waals surface area contributed by atoms with Gasteiger partial charge < -0.3 is 11.1 Å². The average Bonchev–Trinajstić information content (AvgIpc) is 2.05. The van der Waals surface area contributed by atoms with Gasteiger partial charge in [0, 0.05) is 11.3 Å². The maximum absolute atomic E-state index is 8.36. The molecule has 0 unspecified atom stereocenters. The van der Waals surface area contributed by atoms with E-state index in [-0.39, 0.29) is 12.1 Å². The monoisotopic (exact) mass is 159 g/mol. The molecule has 0 bridgehead atoms. The van der Waals surface area contributed by atoms with Gasteiger partial charge in [-0.2, -0.15) is 5.26 Å². The van der Waals surface area contributed by atoms with Crippen molar-refractivity contribution in [1.82, 2.24) is 0 Å². The van der Waals surface area contributed by atoms with E-state index < -0.39 is 0 Å². The number of nitrogen functional groups attached to an aromatic ring is 1. The Bertz CT molecular complexity index is 336. The van der Waals surface area contributed by atoms with E-state index in [1.54, 1.807) is 24.3 Å². The van der Waals surface area contributed by atoms with Gasteiger partial charge in [0.25, 0.3) is 0 Å². The van der Waals surface area contributed by atoms with Crippen LogP contribution in [0.4, 0.5) is 5.69 Å². The van der Waals surface area contributed by atoms with Crippen LogP contribution in [0.5, 0.6) is 0 Å². The van der Waals surface area contributed by atoms with Crippen LogP contribution in [0.1, 0.15) is 12.0 Å². The molecule has 0 radical (unpaired) electrons. The molecule has 1 aromatic rings. The molecule has 3 heteroatoms. The molecule has 3 N–H and O–H groups in total. The van der Waals surface area contributed by atoms with Crippen LogP contribution in [0, 0.1) is 16.7 Å². The molecule has 0 aliphatic carbocycles. The van der Waals surface area contributed by atoms with Crippen LogP contribution in [-0.2, 0) is 0 Å². The number of nitrogens with two attached hydrogens (primary N) is 1. The first-order valence-electron chi connectivity index (χ1n) is 3.55. The second kappa shape index (κ2) is 3.54. The predicted molar refractivity (Wildman–Crippen MR) is 47.9 cm³/mol. The Morgan fingerprint density at radius 2 is 2.17 bits per heavy atom. The highest BCUT2D eigenvalue weighted by Crippen LogP contribution is 2.11. The van der Waals surface area contributed by atoms with Gasteiger partial charge in [0.1, 0.15) is 0 Å². The highest BCUT2D eigenvalue weighted by molar-refractivity contribution is 6.03. The van der Waals surface area contributed by atoms with Crippen LogP contribution >= 0.6 is 0 Å². The SMILES string of the molecule is N#CCC(=N)c1ccccc1N. The molecule has 0 amide bonds. The summed E-state index contributed by atoms with van der Waals surface area (Å²) in [5.74, 6) is 0. The molecule has 0 fully saturated rings. The Morgan fingerprint density at radius 1 is 1.50 bits per heavy atom. The normalized spacial score (nSPS) is 8.92. The first-order valence-corrected chi connectivity index (χ1v) is 3.55. The third kappa shape index (κ3) is 1.61. The number of rotatable bonds is 2. The van der Waals surface area contributed by atoms with Gasteiger partial charge in [0.15, 0.2) is 0 Å². The lowest BCUT2D eigenvalue weighted by Gasteiger charge is -2.02. The summed E-state index contributed by atoms with van der Waals surface area (Å²) in [4.78, 5) is 0. The lowest BCUT2D eigenvalue weighted by Crippen LogP contribution is -2.01. The third-order valence-corrected chi connectivity index (χ3v) is 1.54. The van der Waals surface area contributed by atoms with Gasteiger partial charge in [-0.05, 0) is 6.07 Å². The van der Waals surface area contributed by atoms with Crippen molar-refractivity contribution in [3.05, 3.63) is 29.8 Å². The van der Waals surface area contributed by atoms with Gasteiger partial charge in [-0.1, -0.05) is 18.2 Å². The second-order valence-electron chi connectivity index (χ2n) is 2.40. The highest BCUT2D eigenvalue weighted by atomic mass is 14.6. The molecule has 3 nitrogen and oxygen atoms in total. The van der Waals surface area contributed by atoms with Gasteiger partial charge >= 0.3 is 0 Å². The zero-order chi connectivity index (χ0) is 8.97. The number of hydrogen-bond acceptors (Lipinski definition) is 3. The fourth-order valence-corrected chi connectivity index (χ4v) is 0.946. The van der Waals surface area contributed by atoms with E-state index in [2.05, 4.69) is 0 Å². The van der Waals surface area contributed by atoms with Crippen molar-refractivity contribution in [2.75, 3.05) is 5.73 Å². The fraction of sp³-hybridized carbons (Fsp3) is 0.111. The Kier molecular flexibility index (Phi) is 2.44. The number of para-hydroxylation sites is 1. The largest absolute Gasteiger partial charge is 0.398 e. The van der Waals surface area contributed by atoms with Crippen molar-refractivity contribution in [2.45, 2.75) is 6.42 Å². The van der Waals surface area contributed by atoms with Gasteiger partial charge in [0.2, 0.25) is 0 Å². The Hall–Kier alpha value is -1.82. The zero-order valence-electron chi connectivity index (χ0n) is 6.54. The topological polar surface area (TPSA) is 73.7 Å². The third-order valence-electron chi connectivity index (χ3n) is 1.54. The smallest absolute Gasteiger partial charge is 0.0774 e. The maximum atomic E-state index is 8.36. The van der Waals surface area contributed by atoms with Crippen molar-refractivity contribution >= 4 is 11.4 Å². The van der Waals surface area contributed by atoms with E-state index >= 15 is 0 Å². The number of nitriles is 1. The number of nitrogens with one attached hydrogen (secondary N) is 1. The first-order chi connectivity index (χ1) is 5.75. The molecule has 1 rings (SSSR count). The summed E-state index contributed by atoms with van der Waals surface area (Å²) in [7, 11) is 0. The fourth-order valence-electron chi connectivity index (χ4n) is 0.946. The first kappa shape index (κ1) is 8.28. The van der Waals surface area contributed by atoms with Crippen molar-refractivity contribution in [1.29, 1.82) is 10.7 Å². The van der Waals surface area contributed by atoms with Crippen LogP contribution in [0.3, 0.4) is 0 Å². The van der Waals surface area contributed by atoms with Crippen LogP contribution in [-0.4, -0.2) is 5.71 Å². The molecule has 0 saturated carbocycles. The summed E-state index contributed by atoms with van der Waals surface area (Å²) >= 11 is 0. The molecule has 0 heterocycles. The van der Waals surface area contributed by atoms with Crippen LogP contribution < -0.4 is 5.73 Å². The highest BCUT2D eigenvalue weighted by Gasteiger charge is 2.02. The quantitative estimate of drug-likeness (QED) is 0.507. The maximum Gasteiger partial charge on any atom is 0.0774 e. The van der Waals surface area contributed by atoms with Crippen LogP contribution in [0.2, 0.25) is 0 Å². The van der Waals surface area contributed by atoms with E-state index in [1.165, 1.54) is 0 Å². The molecular formula is C9H9N3. The van der Waals surface area contributed by atoms with Crippen molar-refractivity contribution in [2.24, 2.45) is 0 Å². The van der Waals surface area contributed by atoms with E-state index in [0.717, 1.165) is 0 Å². The molecule has 0 saturated heterocycles. The minimum atomic E-state index is 0.105. The van der Waals surface area contributed by atoms with Gasteiger partial charge in [-0.15, -0.1) is 0 Å². The van der Waals surface area contributed by atoms with Gasteiger partial charge in [-0.3, -0.25) is 0 Å². The Labute approximate surface area is 70.9 Å². The standard InChI is InChI=1S/C9H9N3/c10-6-5-9(12)7-3-1-2-4-8(7)11/h1-4,12H,5,11H2. The number of benzene rings is 1. The molecule has 0 aliphatic rings. The van der Waals surface area contributed by atoms with Crippen molar-refractivity contribution in [3.8, 4) is 6.07 Å². The lowest BCUT2D eigenvalue weighted by atomic mass is 10.1. The minimum Gasteiger partial charge on any atom is -0.398 e. The van der Waals surface area contributed by atoms with Crippen molar-refractivity contribution < 1.29 is 0 Å². The summed E-state index contributed by atoms with van der Waals surface area (Å²) in [6, 6.07) is 8.99. The van der Waals surface area contributed by atoms with Gasteiger partial charge in [-0.25, -0.2) is 0 Å². The minimum absolute atomic E-state index is 0.105. The Balaban J connectivity index is 2.97. The molecule has 12 heavy (non-hydrogen) atoms. The molecule has 0 aromatic heterocycles. The predicted octanol–water partition coefficient (Wildman–Crippen LogP) is 1.55. The van der Waals surface area contributed by atoms with Crippen molar-refractivity contribution in [3.63, 3.8) is 0 Å². The van der Waals surface area contributed by atoms with E-state index in [1.807, 2.05) is 6.07 Å². The number of hydrogen-bond donors (Lipinski definition) is 2.